The van der Waals surface area contributed by atoms with Gasteiger partial charge in [0.2, 0.25) is 21.8 Å². The van der Waals surface area contributed by atoms with Gasteiger partial charge in [0.15, 0.2) is 5.82 Å². The molecule has 4 atom stereocenters. The van der Waals surface area contributed by atoms with Gasteiger partial charge in [0, 0.05) is 46.1 Å². The maximum Gasteiger partial charge on any atom is 0.271 e. The largest absolute Gasteiger partial charge is 0.386 e. The van der Waals surface area contributed by atoms with Crippen molar-refractivity contribution in [2.24, 2.45) is 5.92 Å². The first-order chi connectivity index (χ1) is 36.9. The molecule has 1 aliphatic rings. The fourth-order valence-corrected chi connectivity index (χ4v) is 13.9. The second kappa shape index (κ2) is 23.4. The summed E-state index contributed by atoms with van der Waals surface area (Å²) < 4.78 is 31.9. The van der Waals surface area contributed by atoms with Crippen molar-refractivity contribution in [3.8, 4) is 43.4 Å². The van der Waals surface area contributed by atoms with Crippen LogP contribution in [0.25, 0.3) is 43.4 Å². The molecule has 1 aromatic carbocycles. The van der Waals surface area contributed by atoms with Gasteiger partial charge < -0.3 is 36.4 Å². The lowest BCUT2D eigenvalue weighted by atomic mass is 10.0. The molecule has 400 valence electrons. The molecule has 5 amide bonds. The molecule has 7 aromatic heterocycles. The maximum absolute atomic E-state index is 14.2. The number of hydrogen-bond acceptors (Lipinski definition) is 22. The number of nitrogens with one attached hydrogen (secondary N) is 6. The van der Waals surface area contributed by atoms with Crippen molar-refractivity contribution >= 4 is 113 Å². The molecule has 0 unspecified atom stereocenters. The van der Waals surface area contributed by atoms with Crippen molar-refractivity contribution in [1.29, 1.82) is 0 Å². The highest BCUT2D eigenvalue weighted by atomic mass is 32.2. The summed E-state index contributed by atoms with van der Waals surface area (Å²) in [4.78, 5) is 103. The molecule has 77 heavy (non-hydrogen) atoms. The van der Waals surface area contributed by atoms with E-state index in [2.05, 4.69) is 46.3 Å². The first kappa shape index (κ1) is 54.9. The zero-order chi connectivity index (χ0) is 54.7. The summed E-state index contributed by atoms with van der Waals surface area (Å²) >= 11 is 7.07. The molecule has 29 heteroatoms. The van der Waals surface area contributed by atoms with Crippen LogP contribution in [-0.2, 0) is 31.0 Å². The number of benzene rings is 1. The molecule has 0 aliphatic carbocycles. The number of anilines is 1. The Hall–Kier alpha value is -6.83. The molecular weight excluding hydrogens is 1130 g/mol. The van der Waals surface area contributed by atoms with E-state index in [0.29, 0.717) is 68.7 Å². The molecule has 0 fully saturated rings. The molecule has 8 heterocycles. The summed E-state index contributed by atoms with van der Waals surface area (Å²) in [5, 5.41) is 34.8. The lowest BCUT2D eigenvalue weighted by Crippen LogP contribution is -2.40. The topological polar surface area (TPSA) is 311 Å². The lowest BCUT2D eigenvalue weighted by Gasteiger charge is -2.23. The Morgan fingerprint density at radius 1 is 0.727 bits per heavy atom. The lowest BCUT2D eigenvalue weighted by molar-refractivity contribution is -0.122. The zero-order valence-electron chi connectivity index (χ0n) is 41.6. The van der Waals surface area contributed by atoms with Crippen LogP contribution in [0.2, 0.25) is 0 Å². The van der Waals surface area contributed by atoms with Gasteiger partial charge in [0.1, 0.15) is 76.4 Å². The van der Waals surface area contributed by atoms with E-state index in [1.165, 1.54) is 59.5 Å². The van der Waals surface area contributed by atoms with E-state index in [9.17, 15) is 37.5 Å². The number of carbonyl (C=O) groups is 5. The highest BCUT2D eigenvalue weighted by Crippen LogP contribution is 2.40. The molecule has 0 saturated heterocycles. The van der Waals surface area contributed by atoms with E-state index in [4.69, 9.17) is 24.7 Å². The minimum Gasteiger partial charge on any atom is -0.386 e. The third-order valence-electron chi connectivity index (χ3n) is 11.5. The Labute approximate surface area is 464 Å². The van der Waals surface area contributed by atoms with Gasteiger partial charge in [-0.05, 0) is 30.5 Å². The predicted octanol–water partition coefficient (Wildman–Crippen LogP) is 6.68. The second-order valence-corrected chi connectivity index (χ2v) is 25.1. The third kappa shape index (κ3) is 12.6. The standard InChI is InChI=1S/C48H47N13O9S7/c1-21(2)34-48-60-37(30(76-48)16-70-5)41(66)50-15-33(63)57-38(39(64)23-10-8-7-9-11-23)47-55-29(19-73-47)45-53-27(17-72-45)36-24(12-13-25(51-36)44-56-31(20-74-44)61-77(6,68)69)43-54-28(18-71-43)40(65)52-26(14-32(62)49-4)46-59-35(22(3)75-46)42(67)58-34/h7-13,17-21,26,34,38-39,61,64H,14-16H2,1-6H3,(H,49,62)(H,50,66)(H,52,65)(H,57,63)(H,58,67)/t26-,34+,38-,39-/m0/s1. The monoisotopic (exact) mass is 1170 g/mol. The number of hydrogen-bond donors (Lipinski definition) is 7. The van der Waals surface area contributed by atoms with Gasteiger partial charge in [-0.3, -0.25) is 28.7 Å². The minimum absolute atomic E-state index is 0.00261. The fraction of sp³-hybridized carbons (Fsp3) is 0.292. The molecule has 0 saturated carbocycles. The van der Waals surface area contributed by atoms with Gasteiger partial charge in [0.05, 0.1) is 48.5 Å². The van der Waals surface area contributed by atoms with Gasteiger partial charge >= 0.3 is 0 Å². The van der Waals surface area contributed by atoms with Crippen LogP contribution < -0.4 is 31.3 Å². The zero-order valence-corrected chi connectivity index (χ0v) is 47.3. The number of aromatic nitrogens is 7. The number of ether oxygens (including phenoxy) is 1. The molecule has 0 spiro atoms. The maximum atomic E-state index is 14.2. The minimum atomic E-state index is -3.63. The number of pyridine rings is 1. The van der Waals surface area contributed by atoms with E-state index in [0.717, 1.165) is 28.9 Å². The van der Waals surface area contributed by atoms with Crippen LogP contribution in [0.3, 0.4) is 0 Å². The van der Waals surface area contributed by atoms with Crippen LogP contribution in [0, 0.1) is 12.8 Å². The summed E-state index contributed by atoms with van der Waals surface area (Å²) in [6.07, 6.45) is -0.471. The molecule has 22 nitrogen and oxygen atoms in total. The normalized spacial score (nSPS) is 17.0. The van der Waals surface area contributed by atoms with Crippen molar-refractivity contribution in [2.75, 3.05) is 31.7 Å². The number of aryl methyl sites for hydroxylation is 1. The summed E-state index contributed by atoms with van der Waals surface area (Å²) in [6.45, 7) is 4.95. The molecule has 0 radical (unpaired) electrons. The van der Waals surface area contributed by atoms with Crippen LogP contribution >= 0.6 is 68.0 Å². The van der Waals surface area contributed by atoms with Crippen molar-refractivity contribution in [2.45, 2.75) is 58.0 Å². The molecule has 7 N–H and O–H groups in total. The SMILES string of the molecule is CNC(=O)C[C@@H]1NC(=O)c2csc(n2)-c2ccc(-c3nc(NS(C)(=O)=O)cs3)nc2-c2csc(n2)-c2csc(n2)[C@H]([C@@H](O)c2ccccc2)NC(=O)CNC(=O)c2nc(sc2COC)[C@@H](C(C)C)NC(=O)c2nc1sc2C. The van der Waals surface area contributed by atoms with E-state index in [-0.39, 0.29) is 46.9 Å². The van der Waals surface area contributed by atoms with Gasteiger partial charge in [-0.1, -0.05) is 44.2 Å². The van der Waals surface area contributed by atoms with Gasteiger partial charge in [-0.25, -0.2) is 43.3 Å². The van der Waals surface area contributed by atoms with Crippen molar-refractivity contribution < 1.29 is 42.2 Å². The highest BCUT2D eigenvalue weighted by Gasteiger charge is 2.33. The first-order valence-electron chi connectivity index (χ1n) is 23.3. The number of rotatable bonds is 10. The fourth-order valence-electron chi connectivity index (χ4n) is 7.82. The van der Waals surface area contributed by atoms with Gasteiger partial charge in [-0.2, -0.15) is 0 Å². The number of thiazole rings is 6. The number of sulfonamides is 1. The highest BCUT2D eigenvalue weighted by molar-refractivity contribution is 7.92. The number of methoxy groups -OCH3 is 1. The van der Waals surface area contributed by atoms with E-state index < -0.39 is 70.3 Å². The van der Waals surface area contributed by atoms with Crippen LogP contribution in [0.5, 0.6) is 0 Å². The van der Waals surface area contributed by atoms with Crippen LogP contribution in [0.4, 0.5) is 5.82 Å². The van der Waals surface area contributed by atoms with E-state index >= 15 is 0 Å². The predicted molar refractivity (Wildman–Crippen MR) is 295 cm³/mol. The van der Waals surface area contributed by atoms with Crippen molar-refractivity contribution in [3.05, 3.63) is 111 Å². The van der Waals surface area contributed by atoms with Gasteiger partial charge in [-0.15, -0.1) is 68.0 Å². The summed E-state index contributed by atoms with van der Waals surface area (Å²) in [6, 6.07) is 9.40. The number of amides is 5. The van der Waals surface area contributed by atoms with Crippen molar-refractivity contribution in [3.63, 3.8) is 0 Å². The smallest absolute Gasteiger partial charge is 0.271 e. The van der Waals surface area contributed by atoms with E-state index in [1.807, 2.05) is 13.8 Å². The Morgan fingerprint density at radius 2 is 1.43 bits per heavy atom. The molecule has 10 bridgehead atoms. The Bertz CT molecular complexity index is 3620. The summed E-state index contributed by atoms with van der Waals surface area (Å²) in [7, 11) is -0.693. The number of fused-ring (bicyclic) bond motifs is 14. The van der Waals surface area contributed by atoms with Crippen LogP contribution in [0.15, 0.2) is 64.0 Å². The number of aliphatic hydroxyl groups excluding tert-OH is 1. The Kier molecular flexibility index (Phi) is 16.7. The van der Waals surface area contributed by atoms with Crippen LogP contribution in [-0.4, -0.2) is 105 Å². The average molecular weight is 1170 g/mol. The molecule has 1 aliphatic heterocycles. The second-order valence-electron chi connectivity index (χ2n) is 17.5. The number of carbonyl (C=O) groups excluding carboxylic acids is 5. The van der Waals surface area contributed by atoms with E-state index in [1.54, 1.807) is 70.9 Å². The molecule has 8 aromatic rings. The van der Waals surface area contributed by atoms with Crippen LogP contribution in [0.1, 0.15) is 106 Å². The summed E-state index contributed by atoms with van der Waals surface area (Å²) in [5.41, 5.74) is 2.61. The molecular formula is C48H47N13O9S7. The Morgan fingerprint density at radius 3 is 2.17 bits per heavy atom. The average Bonchev–Trinajstić information content (AvgIpc) is 4.31. The third-order valence-corrected chi connectivity index (χ3v) is 17.8. The van der Waals surface area contributed by atoms with Crippen molar-refractivity contribution in [1.82, 2.24) is 61.5 Å². The summed E-state index contributed by atoms with van der Waals surface area (Å²) in [5.74, 6) is -3.02. The quantitative estimate of drug-likeness (QED) is 0.0751. The Balaban J connectivity index is 1.14. The molecule has 9 rings (SSSR count). The first-order valence-corrected chi connectivity index (χ1v) is 30.3. The number of nitrogens with zero attached hydrogens (tertiary/aromatic N) is 7. The number of aliphatic hydroxyl groups is 1. The van der Waals surface area contributed by atoms with Gasteiger partial charge in [0.25, 0.3) is 17.7 Å².